The zero-order valence-electron chi connectivity index (χ0n) is 16.3. The second-order valence-electron chi connectivity index (χ2n) is 6.48. The standard InChI is InChI=1S/C23H20N2O4S/c1-28-21-14-8-13-20(22(21)29-17-18-9-4-2-5-10-18)23-24-15-16-25(23)30(26,27)19-11-6-3-7-12-19/h2-16H,17H2,1H3. The highest BCUT2D eigenvalue weighted by Crippen LogP contribution is 2.38. The first-order valence-electron chi connectivity index (χ1n) is 9.29. The predicted octanol–water partition coefficient (Wildman–Crippen LogP) is 4.37. The normalized spacial score (nSPS) is 11.2. The van der Waals surface area contributed by atoms with Crippen molar-refractivity contribution in [2.75, 3.05) is 7.11 Å². The van der Waals surface area contributed by atoms with Crippen molar-refractivity contribution in [3.05, 3.63) is 96.8 Å². The third-order valence-electron chi connectivity index (χ3n) is 4.57. The summed E-state index contributed by atoms with van der Waals surface area (Å²) in [6.07, 6.45) is 2.88. The second-order valence-corrected chi connectivity index (χ2v) is 8.29. The fourth-order valence-electron chi connectivity index (χ4n) is 3.11. The van der Waals surface area contributed by atoms with Crippen LogP contribution >= 0.6 is 0 Å². The van der Waals surface area contributed by atoms with Gasteiger partial charge in [-0.2, -0.15) is 0 Å². The maximum atomic E-state index is 13.2. The molecule has 0 N–H and O–H groups in total. The first-order chi connectivity index (χ1) is 14.6. The summed E-state index contributed by atoms with van der Waals surface area (Å²) in [4.78, 5) is 4.50. The van der Waals surface area contributed by atoms with E-state index in [0.717, 1.165) is 9.54 Å². The number of hydrogen-bond acceptors (Lipinski definition) is 5. The molecule has 30 heavy (non-hydrogen) atoms. The van der Waals surface area contributed by atoms with Gasteiger partial charge >= 0.3 is 0 Å². The number of para-hydroxylation sites is 1. The Morgan fingerprint density at radius 1 is 0.900 bits per heavy atom. The smallest absolute Gasteiger partial charge is 0.269 e. The molecule has 152 valence electrons. The van der Waals surface area contributed by atoms with Gasteiger partial charge in [0.2, 0.25) is 0 Å². The van der Waals surface area contributed by atoms with Gasteiger partial charge in [0.1, 0.15) is 6.61 Å². The molecule has 0 saturated carbocycles. The first-order valence-corrected chi connectivity index (χ1v) is 10.7. The molecule has 1 heterocycles. The average Bonchev–Trinajstić information content (AvgIpc) is 3.29. The highest BCUT2D eigenvalue weighted by Gasteiger charge is 2.24. The van der Waals surface area contributed by atoms with Crippen LogP contribution in [-0.4, -0.2) is 24.5 Å². The monoisotopic (exact) mass is 420 g/mol. The minimum atomic E-state index is -3.82. The largest absolute Gasteiger partial charge is 0.493 e. The molecule has 0 amide bonds. The maximum absolute atomic E-state index is 13.2. The number of rotatable bonds is 7. The van der Waals surface area contributed by atoms with Crippen LogP contribution < -0.4 is 9.47 Å². The van der Waals surface area contributed by atoms with Crippen LogP contribution in [0.15, 0.2) is 96.2 Å². The van der Waals surface area contributed by atoms with Crippen LogP contribution in [0, 0.1) is 0 Å². The molecule has 0 saturated heterocycles. The number of hydrogen-bond donors (Lipinski definition) is 0. The van der Waals surface area contributed by atoms with Crippen LogP contribution in [0.1, 0.15) is 5.56 Å². The Labute approximate surface area is 175 Å². The number of imidazole rings is 1. The number of ether oxygens (including phenoxy) is 2. The van der Waals surface area contributed by atoms with Gasteiger partial charge < -0.3 is 9.47 Å². The Balaban J connectivity index is 1.78. The van der Waals surface area contributed by atoms with Crippen molar-refractivity contribution in [2.45, 2.75) is 11.5 Å². The van der Waals surface area contributed by atoms with Crippen LogP contribution in [0.3, 0.4) is 0 Å². The van der Waals surface area contributed by atoms with Gasteiger partial charge in [0, 0.05) is 12.4 Å². The fourth-order valence-corrected chi connectivity index (χ4v) is 4.43. The molecule has 0 aliphatic carbocycles. The molecule has 0 spiro atoms. The number of benzene rings is 3. The summed E-state index contributed by atoms with van der Waals surface area (Å²) >= 11 is 0. The van der Waals surface area contributed by atoms with Crippen molar-refractivity contribution in [1.82, 2.24) is 8.96 Å². The second kappa shape index (κ2) is 8.42. The zero-order valence-corrected chi connectivity index (χ0v) is 17.1. The Hall–Kier alpha value is -3.58. The number of methoxy groups -OCH3 is 1. The van der Waals surface area contributed by atoms with E-state index in [0.29, 0.717) is 23.7 Å². The SMILES string of the molecule is COc1cccc(-c2nccn2S(=O)(=O)c2ccccc2)c1OCc1ccccc1. The van der Waals surface area contributed by atoms with E-state index in [4.69, 9.17) is 9.47 Å². The third kappa shape index (κ3) is 3.79. The summed E-state index contributed by atoms with van der Waals surface area (Å²) < 4.78 is 39.1. The topological polar surface area (TPSA) is 70.4 Å². The Morgan fingerprint density at radius 2 is 1.60 bits per heavy atom. The van der Waals surface area contributed by atoms with Gasteiger partial charge in [0.05, 0.1) is 17.6 Å². The lowest BCUT2D eigenvalue weighted by molar-refractivity contribution is 0.285. The molecule has 0 fully saturated rings. The molecule has 0 unspecified atom stereocenters. The van der Waals surface area contributed by atoms with Crippen molar-refractivity contribution >= 4 is 10.0 Å². The molecule has 6 nitrogen and oxygen atoms in total. The van der Waals surface area contributed by atoms with E-state index in [2.05, 4.69) is 4.98 Å². The summed E-state index contributed by atoms with van der Waals surface area (Å²) in [6.45, 7) is 0.306. The third-order valence-corrected chi connectivity index (χ3v) is 6.25. The van der Waals surface area contributed by atoms with Crippen LogP contribution in [0.5, 0.6) is 11.5 Å². The van der Waals surface area contributed by atoms with E-state index in [9.17, 15) is 8.42 Å². The Kier molecular flexibility index (Phi) is 5.54. The van der Waals surface area contributed by atoms with E-state index < -0.39 is 10.0 Å². The molecule has 4 rings (SSSR count). The summed E-state index contributed by atoms with van der Waals surface area (Å²) in [5.74, 6) is 1.18. The van der Waals surface area contributed by atoms with Gasteiger partial charge in [-0.15, -0.1) is 0 Å². The summed E-state index contributed by atoms with van der Waals surface area (Å²) in [7, 11) is -2.28. The van der Waals surface area contributed by atoms with E-state index in [1.165, 1.54) is 12.4 Å². The van der Waals surface area contributed by atoms with Crippen molar-refractivity contribution in [3.63, 3.8) is 0 Å². The predicted molar refractivity (Wildman–Crippen MR) is 114 cm³/mol. The quantitative estimate of drug-likeness (QED) is 0.444. The molecule has 0 aliphatic rings. The summed E-state index contributed by atoms with van der Waals surface area (Å²) in [5, 5.41) is 0. The Morgan fingerprint density at radius 3 is 2.30 bits per heavy atom. The molecule has 0 aliphatic heterocycles. The molecule has 3 aromatic carbocycles. The molecule has 0 radical (unpaired) electrons. The first kappa shape index (κ1) is 19.7. The molecule has 0 bridgehead atoms. The van der Waals surface area contributed by atoms with Crippen LogP contribution in [0.25, 0.3) is 11.4 Å². The van der Waals surface area contributed by atoms with E-state index in [1.807, 2.05) is 30.3 Å². The van der Waals surface area contributed by atoms with Crippen LogP contribution in [-0.2, 0) is 16.6 Å². The van der Waals surface area contributed by atoms with E-state index in [1.54, 1.807) is 55.6 Å². The van der Waals surface area contributed by atoms with Gasteiger partial charge in [0.25, 0.3) is 10.0 Å². The maximum Gasteiger partial charge on any atom is 0.269 e. The average molecular weight is 420 g/mol. The van der Waals surface area contributed by atoms with E-state index in [-0.39, 0.29) is 10.7 Å². The fraction of sp³-hybridized carbons (Fsp3) is 0.0870. The Bertz CT molecular complexity index is 1240. The molecular formula is C23H20N2O4S. The number of nitrogens with zero attached hydrogens (tertiary/aromatic N) is 2. The van der Waals surface area contributed by atoms with Gasteiger partial charge in [-0.3, -0.25) is 0 Å². The minimum Gasteiger partial charge on any atom is -0.493 e. The summed E-state index contributed by atoms with van der Waals surface area (Å²) in [6, 6.07) is 23.3. The molecule has 1 aromatic heterocycles. The van der Waals surface area contributed by atoms with Crippen molar-refractivity contribution in [1.29, 1.82) is 0 Å². The number of aromatic nitrogens is 2. The van der Waals surface area contributed by atoms with Gasteiger partial charge in [-0.1, -0.05) is 54.6 Å². The molecule has 0 atom stereocenters. The lowest BCUT2D eigenvalue weighted by atomic mass is 10.1. The highest BCUT2D eigenvalue weighted by atomic mass is 32.2. The van der Waals surface area contributed by atoms with Crippen LogP contribution in [0.4, 0.5) is 0 Å². The molecular weight excluding hydrogens is 400 g/mol. The van der Waals surface area contributed by atoms with Crippen molar-refractivity contribution in [3.8, 4) is 22.9 Å². The summed E-state index contributed by atoms with van der Waals surface area (Å²) in [5.41, 5.74) is 1.50. The van der Waals surface area contributed by atoms with Gasteiger partial charge in [-0.05, 0) is 29.8 Å². The minimum absolute atomic E-state index is 0.180. The van der Waals surface area contributed by atoms with Crippen molar-refractivity contribution in [2.24, 2.45) is 0 Å². The molecule has 4 aromatic rings. The molecule has 7 heteroatoms. The van der Waals surface area contributed by atoms with Gasteiger partial charge in [0.15, 0.2) is 17.3 Å². The van der Waals surface area contributed by atoms with Gasteiger partial charge in [-0.25, -0.2) is 17.4 Å². The van der Waals surface area contributed by atoms with E-state index >= 15 is 0 Å². The zero-order chi connectivity index (χ0) is 21.0. The lowest BCUT2D eigenvalue weighted by Gasteiger charge is -2.16. The van der Waals surface area contributed by atoms with Crippen LogP contribution in [0.2, 0.25) is 0 Å². The highest BCUT2D eigenvalue weighted by molar-refractivity contribution is 7.90. The van der Waals surface area contributed by atoms with Crippen molar-refractivity contribution < 1.29 is 17.9 Å². The lowest BCUT2D eigenvalue weighted by Crippen LogP contribution is -2.14.